The molecule has 0 rings (SSSR count). The zero-order valence-electron chi connectivity index (χ0n) is 45.4. The zero-order chi connectivity index (χ0) is 51.4. The number of ether oxygens (including phenoxy) is 3. The van der Waals surface area contributed by atoms with E-state index in [1.54, 1.807) is 0 Å². The maximum atomic E-state index is 12.9. The van der Waals surface area contributed by atoms with Crippen LogP contribution < -0.4 is 0 Å². The molecule has 0 aliphatic carbocycles. The fourth-order valence-corrected chi connectivity index (χ4v) is 7.29. The lowest BCUT2D eigenvalue weighted by molar-refractivity contribution is -0.167. The SMILES string of the molecule is CC\C=C/C=C\C=C/C=C\C=C/CCCCCC(=O)OCC(COC(=O)CCCCCCCC/C=C\C/C=C\C/C=C\C/C=C\CC)OC(=O)CCCCCCCCCCC/C=C\C/C=C\C/C=C\CC. The third kappa shape index (κ3) is 56.1. The number of carbonyl (C=O) groups is 3. The van der Waals surface area contributed by atoms with E-state index in [0.717, 1.165) is 135 Å². The van der Waals surface area contributed by atoms with Gasteiger partial charge in [0.25, 0.3) is 0 Å². The molecule has 0 saturated carbocycles. The number of rotatable bonds is 49. The summed E-state index contributed by atoms with van der Waals surface area (Å²) in [6, 6.07) is 0. The minimum Gasteiger partial charge on any atom is -0.462 e. The highest BCUT2D eigenvalue weighted by molar-refractivity contribution is 5.71. The molecule has 6 heteroatoms. The fraction of sp³-hybridized carbons (Fsp3) is 0.585. The summed E-state index contributed by atoms with van der Waals surface area (Å²) in [5, 5.41) is 0. The van der Waals surface area contributed by atoms with Crippen molar-refractivity contribution in [1.29, 1.82) is 0 Å². The van der Waals surface area contributed by atoms with Gasteiger partial charge in [-0.25, -0.2) is 0 Å². The Bertz CT molecular complexity index is 1590. The van der Waals surface area contributed by atoms with Gasteiger partial charge in [-0.05, 0) is 109 Å². The summed E-state index contributed by atoms with van der Waals surface area (Å²) in [4.78, 5) is 38.2. The first-order valence-electron chi connectivity index (χ1n) is 28.4. The maximum Gasteiger partial charge on any atom is 0.306 e. The van der Waals surface area contributed by atoms with Gasteiger partial charge in [0.05, 0.1) is 0 Å². The van der Waals surface area contributed by atoms with E-state index in [4.69, 9.17) is 14.2 Å². The highest BCUT2D eigenvalue weighted by atomic mass is 16.6. The molecular formula is C65H102O6. The topological polar surface area (TPSA) is 78.9 Å². The van der Waals surface area contributed by atoms with Crippen LogP contribution in [0.15, 0.2) is 146 Å². The molecule has 398 valence electrons. The zero-order valence-corrected chi connectivity index (χ0v) is 45.4. The van der Waals surface area contributed by atoms with Crippen molar-refractivity contribution in [3.05, 3.63) is 146 Å². The first kappa shape index (κ1) is 66.3. The van der Waals surface area contributed by atoms with Crippen molar-refractivity contribution in [2.24, 2.45) is 0 Å². The molecule has 6 nitrogen and oxygen atoms in total. The van der Waals surface area contributed by atoms with E-state index in [-0.39, 0.29) is 31.1 Å². The predicted octanol–water partition coefficient (Wildman–Crippen LogP) is 19.2. The Kier molecular flexibility index (Phi) is 54.0. The minimum atomic E-state index is -0.812. The van der Waals surface area contributed by atoms with Gasteiger partial charge in [-0.1, -0.05) is 244 Å². The highest BCUT2D eigenvalue weighted by Gasteiger charge is 2.19. The maximum absolute atomic E-state index is 12.9. The van der Waals surface area contributed by atoms with E-state index in [0.29, 0.717) is 19.3 Å². The van der Waals surface area contributed by atoms with E-state index < -0.39 is 6.10 Å². The molecule has 0 aromatic carbocycles. The molecule has 0 aliphatic heterocycles. The second kappa shape index (κ2) is 57.9. The molecule has 0 bridgehead atoms. The van der Waals surface area contributed by atoms with Crippen LogP contribution in [0.1, 0.15) is 226 Å². The average Bonchev–Trinajstić information content (AvgIpc) is 3.37. The Hall–Kier alpha value is -4.71. The molecule has 0 heterocycles. The quantitative estimate of drug-likeness (QED) is 0.0199. The van der Waals surface area contributed by atoms with E-state index in [9.17, 15) is 14.4 Å². The molecular weight excluding hydrogens is 877 g/mol. The standard InChI is InChI=1S/C65H102O6/c1-4-7-10-13-16-19-22-25-28-30-32-34-37-40-43-46-49-52-55-58-64(67)70-61-62(60-69-63(66)57-54-51-48-45-42-39-36-27-24-21-18-15-12-9-6-3)71-65(68)59-56-53-50-47-44-41-38-35-33-31-29-26-23-20-17-14-11-8-5-2/h7-12,15-21,24-29,32,34,36,39,42,62H,4-6,13-14,22-23,30-31,33,35,37-38,40-41,43-61H2,1-3H3/b10-7-,11-8-,12-9-,18-15-,19-16-,20-17-,24-21-,28-25-,29-26-,34-32-,36-27-,42-39-. The summed E-state index contributed by atoms with van der Waals surface area (Å²) in [6.07, 6.45) is 82.6. The lowest BCUT2D eigenvalue weighted by Crippen LogP contribution is -2.30. The smallest absolute Gasteiger partial charge is 0.306 e. The lowest BCUT2D eigenvalue weighted by Gasteiger charge is -2.18. The predicted molar refractivity (Wildman–Crippen MR) is 306 cm³/mol. The summed E-state index contributed by atoms with van der Waals surface area (Å²) in [7, 11) is 0. The van der Waals surface area contributed by atoms with Gasteiger partial charge in [0, 0.05) is 19.3 Å². The van der Waals surface area contributed by atoms with Crippen LogP contribution in [-0.2, 0) is 28.6 Å². The number of carbonyl (C=O) groups excluding carboxylic acids is 3. The van der Waals surface area contributed by atoms with Crippen LogP contribution >= 0.6 is 0 Å². The van der Waals surface area contributed by atoms with Crippen LogP contribution in [0.25, 0.3) is 0 Å². The van der Waals surface area contributed by atoms with Gasteiger partial charge in [0.15, 0.2) is 6.10 Å². The molecule has 0 radical (unpaired) electrons. The molecule has 1 unspecified atom stereocenters. The number of hydrogen-bond acceptors (Lipinski definition) is 6. The van der Waals surface area contributed by atoms with Crippen molar-refractivity contribution in [3.8, 4) is 0 Å². The fourth-order valence-electron chi connectivity index (χ4n) is 7.29. The Morgan fingerprint density at radius 1 is 0.296 bits per heavy atom. The molecule has 0 N–H and O–H groups in total. The summed E-state index contributed by atoms with van der Waals surface area (Å²) < 4.78 is 16.8. The number of esters is 3. The number of allylic oxidation sites excluding steroid dienone is 24. The molecule has 0 spiro atoms. The molecule has 0 aromatic rings. The van der Waals surface area contributed by atoms with Gasteiger partial charge >= 0.3 is 17.9 Å². The van der Waals surface area contributed by atoms with Crippen LogP contribution in [0.4, 0.5) is 0 Å². The third-order valence-electron chi connectivity index (χ3n) is 11.4. The Labute approximate surface area is 436 Å². The van der Waals surface area contributed by atoms with Crippen molar-refractivity contribution < 1.29 is 28.6 Å². The van der Waals surface area contributed by atoms with E-state index in [1.807, 2.05) is 48.6 Å². The van der Waals surface area contributed by atoms with Gasteiger partial charge < -0.3 is 14.2 Å². The monoisotopic (exact) mass is 979 g/mol. The van der Waals surface area contributed by atoms with E-state index in [1.165, 1.54) is 51.4 Å². The minimum absolute atomic E-state index is 0.108. The van der Waals surface area contributed by atoms with Crippen LogP contribution in [0.5, 0.6) is 0 Å². The van der Waals surface area contributed by atoms with Gasteiger partial charge in [0.1, 0.15) is 13.2 Å². The third-order valence-corrected chi connectivity index (χ3v) is 11.4. The highest BCUT2D eigenvalue weighted by Crippen LogP contribution is 2.14. The normalized spacial score (nSPS) is 13.2. The second-order valence-electron chi connectivity index (χ2n) is 18.2. The number of unbranched alkanes of at least 4 members (excludes halogenated alkanes) is 18. The summed E-state index contributed by atoms with van der Waals surface area (Å²) >= 11 is 0. The van der Waals surface area contributed by atoms with E-state index in [2.05, 4.69) is 118 Å². The van der Waals surface area contributed by atoms with Crippen LogP contribution in [-0.4, -0.2) is 37.2 Å². The molecule has 1 atom stereocenters. The Morgan fingerprint density at radius 3 is 0.972 bits per heavy atom. The summed E-state index contributed by atoms with van der Waals surface area (Å²) in [6.45, 7) is 6.21. The molecule has 0 aliphatic rings. The van der Waals surface area contributed by atoms with Gasteiger partial charge in [0.2, 0.25) is 0 Å². The van der Waals surface area contributed by atoms with E-state index >= 15 is 0 Å². The van der Waals surface area contributed by atoms with Crippen LogP contribution in [0.2, 0.25) is 0 Å². The number of hydrogen-bond donors (Lipinski definition) is 0. The lowest BCUT2D eigenvalue weighted by atomic mass is 10.1. The van der Waals surface area contributed by atoms with Crippen molar-refractivity contribution in [3.63, 3.8) is 0 Å². The van der Waals surface area contributed by atoms with Crippen molar-refractivity contribution in [2.75, 3.05) is 13.2 Å². The van der Waals surface area contributed by atoms with Crippen molar-refractivity contribution in [1.82, 2.24) is 0 Å². The first-order chi connectivity index (χ1) is 35.0. The molecule has 0 saturated heterocycles. The second-order valence-corrected chi connectivity index (χ2v) is 18.2. The average molecular weight is 980 g/mol. The van der Waals surface area contributed by atoms with Crippen molar-refractivity contribution >= 4 is 17.9 Å². The van der Waals surface area contributed by atoms with Crippen molar-refractivity contribution in [2.45, 2.75) is 232 Å². The Balaban J connectivity index is 4.50. The first-order valence-corrected chi connectivity index (χ1v) is 28.4. The van der Waals surface area contributed by atoms with Gasteiger partial charge in [-0.15, -0.1) is 0 Å². The molecule has 0 amide bonds. The molecule has 0 fully saturated rings. The molecule has 71 heavy (non-hydrogen) atoms. The summed E-state index contributed by atoms with van der Waals surface area (Å²) in [5.74, 6) is -0.974. The van der Waals surface area contributed by atoms with Gasteiger partial charge in [-0.3, -0.25) is 14.4 Å². The Morgan fingerprint density at radius 2 is 0.577 bits per heavy atom. The van der Waals surface area contributed by atoms with Crippen LogP contribution in [0.3, 0.4) is 0 Å². The largest absolute Gasteiger partial charge is 0.462 e. The molecule has 0 aromatic heterocycles. The van der Waals surface area contributed by atoms with Crippen LogP contribution in [0, 0.1) is 0 Å². The summed E-state index contributed by atoms with van der Waals surface area (Å²) in [5.41, 5.74) is 0. The van der Waals surface area contributed by atoms with Gasteiger partial charge in [-0.2, -0.15) is 0 Å².